The van der Waals surface area contributed by atoms with E-state index in [4.69, 9.17) is 10.2 Å². The average molecular weight is 286 g/mol. The Morgan fingerprint density at radius 1 is 0.944 bits per heavy atom. The van der Waals surface area contributed by atoms with Gasteiger partial charge in [-0.3, -0.25) is 0 Å². The first-order valence-corrected chi connectivity index (χ1v) is 4.01. The predicted molar refractivity (Wildman–Crippen MR) is 39.9 cm³/mol. The number of alkyl halides is 7. The Morgan fingerprint density at radius 3 is 1.61 bits per heavy atom. The number of halogens is 7. The van der Waals surface area contributed by atoms with E-state index < -0.39 is 42.3 Å². The highest BCUT2D eigenvalue weighted by Gasteiger charge is 2.69. The van der Waals surface area contributed by atoms with Crippen molar-refractivity contribution in [1.82, 2.24) is 0 Å². The van der Waals surface area contributed by atoms with Gasteiger partial charge >= 0.3 is 23.8 Å². The third-order valence-corrected chi connectivity index (χ3v) is 1.83. The molecule has 0 heterocycles. The van der Waals surface area contributed by atoms with Gasteiger partial charge in [-0.05, 0) is 0 Å². The number of rotatable bonds is 6. The van der Waals surface area contributed by atoms with Crippen LogP contribution >= 0.6 is 0 Å². The normalized spacial score (nSPS) is 17.9. The van der Waals surface area contributed by atoms with Crippen LogP contribution in [0.4, 0.5) is 30.7 Å². The van der Waals surface area contributed by atoms with Crippen LogP contribution in [0.15, 0.2) is 0 Å². The smallest absolute Gasteiger partial charge is 0.407 e. The fourth-order valence-corrected chi connectivity index (χ4v) is 0.800. The molecule has 0 saturated heterocycles. The first-order valence-electron chi connectivity index (χ1n) is 4.01. The molecule has 18 heavy (non-hydrogen) atoms. The van der Waals surface area contributed by atoms with Gasteiger partial charge < -0.3 is 10.2 Å². The number of carboxylic acids is 2. The Kier molecular flexibility index (Phi) is 4.55. The molecule has 11 heteroatoms. The fourth-order valence-electron chi connectivity index (χ4n) is 0.800. The lowest BCUT2D eigenvalue weighted by molar-refractivity contribution is -0.253. The highest BCUT2D eigenvalue weighted by Crippen LogP contribution is 2.41. The molecule has 0 aliphatic carbocycles. The van der Waals surface area contributed by atoms with Gasteiger partial charge in [0.2, 0.25) is 12.3 Å². The van der Waals surface area contributed by atoms with Crippen molar-refractivity contribution in [3.63, 3.8) is 0 Å². The molecule has 0 radical (unpaired) electrons. The van der Waals surface area contributed by atoms with E-state index in [0.717, 1.165) is 0 Å². The zero-order valence-corrected chi connectivity index (χ0v) is 8.09. The second-order valence-corrected chi connectivity index (χ2v) is 3.09. The molecule has 0 aromatic rings. The van der Waals surface area contributed by atoms with Crippen molar-refractivity contribution >= 4 is 11.9 Å². The van der Waals surface area contributed by atoms with Gasteiger partial charge in [-0.1, -0.05) is 0 Å². The van der Waals surface area contributed by atoms with E-state index >= 15 is 0 Å². The first kappa shape index (κ1) is 16.4. The minimum absolute atomic E-state index is 2.69. The zero-order valence-electron chi connectivity index (χ0n) is 8.09. The van der Waals surface area contributed by atoms with Crippen LogP contribution in [0.2, 0.25) is 0 Å². The lowest BCUT2D eigenvalue weighted by atomic mass is 10.0. The highest BCUT2D eigenvalue weighted by molar-refractivity contribution is 5.77. The van der Waals surface area contributed by atoms with E-state index in [1.807, 2.05) is 0 Å². The van der Waals surface area contributed by atoms with E-state index in [0.29, 0.717) is 0 Å². The number of hydrogen-bond donors (Lipinski definition) is 2. The van der Waals surface area contributed by atoms with Crippen LogP contribution in [0, 0.1) is 0 Å². The van der Waals surface area contributed by atoms with Crippen LogP contribution in [-0.4, -0.2) is 52.5 Å². The Balaban J connectivity index is 5.25. The summed E-state index contributed by atoms with van der Waals surface area (Å²) in [5.41, 5.74) is 0. The molecule has 0 spiro atoms. The van der Waals surface area contributed by atoms with Gasteiger partial charge in [-0.15, -0.1) is 0 Å². The second-order valence-electron chi connectivity index (χ2n) is 3.09. The van der Waals surface area contributed by atoms with Crippen LogP contribution < -0.4 is 0 Å². The fraction of sp³-hybridized carbons (Fsp3) is 0.714. The molecule has 106 valence electrons. The van der Waals surface area contributed by atoms with Crippen molar-refractivity contribution in [1.29, 1.82) is 0 Å². The maximum absolute atomic E-state index is 12.7. The molecule has 4 nitrogen and oxygen atoms in total. The summed E-state index contributed by atoms with van der Waals surface area (Å²) in [6, 6.07) is 0. The van der Waals surface area contributed by atoms with Gasteiger partial charge in [0.15, 0.2) is 6.17 Å². The van der Waals surface area contributed by atoms with Crippen molar-refractivity contribution in [2.45, 2.75) is 30.4 Å². The third kappa shape index (κ3) is 2.64. The Labute approximate surface area is 94.0 Å². The minimum atomic E-state index is -6.11. The first-order chi connectivity index (χ1) is 7.87. The largest absolute Gasteiger partial charge is 0.479 e. The van der Waals surface area contributed by atoms with E-state index in [9.17, 15) is 40.3 Å². The maximum Gasteiger partial charge on any atom is 0.407 e. The maximum atomic E-state index is 12.7. The van der Waals surface area contributed by atoms with Crippen molar-refractivity contribution < 1.29 is 50.5 Å². The quantitative estimate of drug-likeness (QED) is 0.724. The average Bonchev–Trinajstić information content (AvgIpc) is 2.25. The van der Waals surface area contributed by atoms with E-state index in [2.05, 4.69) is 0 Å². The molecule has 0 fully saturated rings. The molecular weight excluding hydrogens is 281 g/mol. The number of carboxylic acid groups (broad SMARTS) is 2. The van der Waals surface area contributed by atoms with Crippen LogP contribution in [0.1, 0.15) is 0 Å². The summed E-state index contributed by atoms with van der Waals surface area (Å²) < 4.78 is 87.6. The molecule has 0 aliphatic heterocycles. The van der Waals surface area contributed by atoms with Gasteiger partial charge in [-0.25, -0.2) is 22.8 Å². The van der Waals surface area contributed by atoms with Crippen LogP contribution in [0.25, 0.3) is 0 Å². The third-order valence-electron chi connectivity index (χ3n) is 1.83. The standard InChI is InChI=1S/C7H5F7O4/c8-1(2(9)4(15)16)3(10)6(11,12)7(13,14)5(17)18/h1-3H,(H,15,16)(H,17,18). The molecule has 0 aromatic heterocycles. The molecular formula is C7H5F7O4. The summed E-state index contributed by atoms with van der Waals surface area (Å²) in [4.78, 5) is 19.6. The SMILES string of the molecule is O=C(O)C(F)C(F)C(F)C(F)(F)C(F)(F)C(=O)O. The molecule has 3 atom stereocenters. The lowest BCUT2D eigenvalue weighted by Gasteiger charge is -2.27. The molecule has 2 N–H and O–H groups in total. The van der Waals surface area contributed by atoms with E-state index in [1.54, 1.807) is 0 Å². The Hall–Kier alpha value is -1.55. The van der Waals surface area contributed by atoms with E-state index in [1.165, 1.54) is 0 Å². The lowest BCUT2D eigenvalue weighted by Crippen LogP contribution is -2.57. The topological polar surface area (TPSA) is 74.6 Å². The monoisotopic (exact) mass is 286 g/mol. The summed E-state index contributed by atoms with van der Waals surface area (Å²) in [5, 5.41) is 15.6. The molecule has 3 unspecified atom stereocenters. The van der Waals surface area contributed by atoms with Crippen LogP contribution in [0.3, 0.4) is 0 Å². The van der Waals surface area contributed by atoms with Gasteiger partial charge in [0.1, 0.15) is 0 Å². The summed E-state index contributed by atoms with van der Waals surface area (Å²) in [7, 11) is 0. The van der Waals surface area contributed by atoms with Crippen molar-refractivity contribution in [2.24, 2.45) is 0 Å². The summed E-state index contributed by atoms with van der Waals surface area (Å²) >= 11 is 0. The second kappa shape index (κ2) is 4.98. The Morgan fingerprint density at radius 2 is 1.33 bits per heavy atom. The van der Waals surface area contributed by atoms with Crippen LogP contribution in [0.5, 0.6) is 0 Å². The highest BCUT2D eigenvalue weighted by atomic mass is 19.3. The predicted octanol–water partition coefficient (Wildman–Crippen LogP) is 1.44. The minimum Gasteiger partial charge on any atom is -0.479 e. The van der Waals surface area contributed by atoms with Gasteiger partial charge in [0.05, 0.1) is 0 Å². The Bertz CT molecular complexity index is 345. The molecule has 0 saturated carbocycles. The van der Waals surface area contributed by atoms with Gasteiger partial charge in [-0.2, -0.15) is 17.6 Å². The molecule has 0 aromatic carbocycles. The van der Waals surface area contributed by atoms with Crippen molar-refractivity contribution in [3.05, 3.63) is 0 Å². The van der Waals surface area contributed by atoms with E-state index in [-0.39, 0.29) is 0 Å². The summed E-state index contributed by atoms with van der Waals surface area (Å²) in [6.07, 6.45) is -12.6. The van der Waals surface area contributed by atoms with Crippen LogP contribution in [-0.2, 0) is 9.59 Å². The molecule has 0 aliphatic rings. The number of aliphatic carboxylic acids is 2. The number of hydrogen-bond acceptors (Lipinski definition) is 2. The zero-order chi connectivity index (χ0) is 14.9. The number of carbonyl (C=O) groups is 2. The molecule has 0 bridgehead atoms. The summed E-state index contributed by atoms with van der Waals surface area (Å²) in [5.74, 6) is -18.3. The van der Waals surface area contributed by atoms with Gasteiger partial charge in [0.25, 0.3) is 0 Å². The van der Waals surface area contributed by atoms with Crippen molar-refractivity contribution in [3.8, 4) is 0 Å². The van der Waals surface area contributed by atoms with Crippen molar-refractivity contribution in [2.75, 3.05) is 0 Å². The molecule has 0 amide bonds. The van der Waals surface area contributed by atoms with Gasteiger partial charge in [0, 0.05) is 0 Å². The molecule has 0 rings (SSSR count). The summed E-state index contributed by atoms with van der Waals surface area (Å²) in [6.45, 7) is 0.